The molecule has 0 aromatic rings. The summed E-state index contributed by atoms with van der Waals surface area (Å²) in [5, 5.41) is 7.34. The number of nitrogens with zero attached hydrogens (tertiary/aromatic N) is 1. The van der Waals surface area contributed by atoms with Gasteiger partial charge in [0.2, 0.25) is 0 Å². The molecule has 4 heavy (non-hydrogen) atoms. The Kier molecular flexibility index (Phi) is 19.9. The third-order valence-electron chi connectivity index (χ3n) is 0. The molecule has 1 nitrogen and oxygen atoms in total. The number of rotatable bonds is 0. The second-order valence-electron chi connectivity index (χ2n) is 0.100. The average molecular weight is 179 g/mol. The van der Waals surface area contributed by atoms with Crippen molar-refractivity contribution in [2.75, 3.05) is 0 Å². The normalized spacial score (nSPS) is 2.00. The second-order valence-corrected chi connectivity index (χ2v) is 0.671. The molecule has 0 radical (unpaired) electrons. The molecule has 0 fully saturated rings. The summed E-state index contributed by atoms with van der Waals surface area (Å²) >= 11 is 1.16. The van der Waals surface area contributed by atoms with Crippen LogP contribution in [0.15, 0.2) is 0 Å². The van der Waals surface area contributed by atoms with Crippen molar-refractivity contribution in [3.8, 4) is 4.12 Å². The van der Waals surface area contributed by atoms with E-state index in [2.05, 4.69) is 0 Å². The van der Waals surface area contributed by atoms with Crippen molar-refractivity contribution in [3.63, 3.8) is 0 Å². The first kappa shape index (κ1) is 8.99. The summed E-state index contributed by atoms with van der Waals surface area (Å²) in [7, 11) is 0. The van der Waals surface area contributed by atoms with E-state index >= 15 is 0 Å². The summed E-state index contributed by atoms with van der Waals surface area (Å²) in [5.74, 6) is 0. The van der Waals surface area contributed by atoms with E-state index in [4.69, 9.17) is 5.26 Å². The van der Waals surface area contributed by atoms with E-state index in [0.717, 1.165) is 22.3 Å². The zero-order valence-electron chi connectivity index (χ0n) is 1.39. The Labute approximate surface area is 60.6 Å². The van der Waals surface area contributed by atoms with Crippen LogP contribution in [-0.4, -0.2) is 51.9 Å². The van der Waals surface area contributed by atoms with Crippen molar-refractivity contribution in [3.05, 3.63) is 0 Å². The Balaban J connectivity index is 0. The van der Waals surface area contributed by atoms with Crippen LogP contribution in [0.1, 0.15) is 0 Å². The first-order valence-electron chi connectivity index (χ1n) is 0.447. The van der Waals surface area contributed by atoms with Crippen molar-refractivity contribution < 1.29 is 0 Å². The van der Waals surface area contributed by atoms with Crippen molar-refractivity contribution in [2.24, 2.45) is 0 Å². The molecule has 0 N–H and O–H groups in total. The molecule has 18 valence electrons. The topological polar surface area (TPSA) is 23.8 Å². The summed E-state index contributed by atoms with van der Waals surface area (Å²) in [6.07, 6.45) is 0. The van der Waals surface area contributed by atoms with Crippen LogP contribution in [0.3, 0.4) is 0 Å². The Hall–Kier alpha value is 1.28. The summed E-state index contributed by atoms with van der Waals surface area (Å²) in [6, 6.07) is 0. The van der Waals surface area contributed by atoms with Gasteiger partial charge < -0.3 is 0 Å². The predicted octanol–water partition coefficient (Wildman–Crippen LogP) is -1.28. The van der Waals surface area contributed by atoms with Gasteiger partial charge in [0.15, 0.2) is 0 Å². The summed E-state index contributed by atoms with van der Waals surface area (Å²) in [6.45, 7) is 0. The fourth-order valence-electron chi connectivity index (χ4n) is 0. The Morgan fingerprint density at radius 3 is 1.75 bits per heavy atom. The molecule has 0 atom stereocenters. The van der Waals surface area contributed by atoms with Crippen molar-refractivity contribution in [1.29, 1.82) is 5.26 Å². The molecule has 3 heteroatoms. The molecule has 0 saturated carbocycles. The SMILES string of the molecule is N#C[TeH].[NaH]. The molecule has 0 heterocycles. The molecule has 0 rings (SSSR count). The van der Waals surface area contributed by atoms with Crippen molar-refractivity contribution in [2.45, 2.75) is 0 Å². The van der Waals surface area contributed by atoms with Gasteiger partial charge >= 0.3 is 61.2 Å². The van der Waals surface area contributed by atoms with E-state index in [1.807, 2.05) is 0 Å². The monoisotopic (exact) mass is 181 g/mol. The fourth-order valence-corrected chi connectivity index (χ4v) is 0. The quantitative estimate of drug-likeness (QED) is 0.424. The molecule has 0 amide bonds. The Morgan fingerprint density at radius 2 is 1.75 bits per heavy atom. The molecule has 0 spiro atoms. The first-order valence-corrected chi connectivity index (χ1v) is 1.72. The van der Waals surface area contributed by atoms with E-state index in [-0.39, 0.29) is 29.6 Å². The van der Waals surface area contributed by atoms with Gasteiger partial charge in [0, 0.05) is 0 Å². The standard InChI is InChI=1S/CHNTe.Na.H/c2-1-3;;/h3H;;. The molecule has 0 aromatic heterocycles. The summed E-state index contributed by atoms with van der Waals surface area (Å²) in [5.41, 5.74) is 0. The van der Waals surface area contributed by atoms with E-state index in [1.54, 1.807) is 4.12 Å². The van der Waals surface area contributed by atoms with Gasteiger partial charge in [-0.15, -0.1) is 0 Å². The van der Waals surface area contributed by atoms with E-state index in [9.17, 15) is 0 Å². The molecule has 0 unspecified atom stereocenters. The average Bonchev–Trinajstić information content (AvgIpc) is 0.918. The van der Waals surface area contributed by atoms with Gasteiger partial charge in [-0.2, -0.15) is 0 Å². The van der Waals surface area contributed by atoms with E-state index in [1.165, 1.54) is 0 Å². The molecule has 0 aliphatic rings. The molecule has 0 bridgehead atoms. The van der Waals surface area contributed by atoms with Crippen LogP contribution in [-0.2, 0) is 0 Å². The van der Waals surface area contributed by atoms with Gasteiger partial charge in [0.1, 0.15) is 0 Å². The van der Waals surface area contributed by atoms with Crippen LogP contribution in [0.5, 0.6) is 0 Å². The van der Waals surface area contributed by atoms with Crippen LogP contribution >= 0.6 is 0 Å². The maximum absolute atomic E-state index is 7.34. The molecule has 0 aliphatic heterocycles. The zero-order chi connectivity index (χ0) is 2.71. The third kappa shape index (κ3) is 10.4. The van der Waals surface area contributed by atoms with Crippen molar-refractivity contribution in [1.82, 2.24) is 0 Å². The number of nitriles is 1. The van der Waals surface area contributed by atoms with Gasteiger partial charge in [-0.3, -0.25) is 0 Å². The second kappa shape index (κ2) is 8.86. The summed E-state index contributed by atoms with van der Waals surface area (Å²) in [4.78, 5) is 0. The van der Waals surface area contributed by atoms with E-state index < -0.39 is 0 Å². The summed E-state index contributed by atoms with van der Waals surface area (Å²) < 4.78 is 1.80. The van der Waals surface area contributed by atoms with Crippen LogP contribution in [0.25, 0.3) is 0 Å². The van der Waals surface area contributed by atoms with Crippen LogP contribution in [0.2, 0.25) is 0 Å². The zero-order valence-corrected chi connectivity index (χ0v) is 3.95. The first-order chi connectivity index (χ1) is 1.41. The Bertz CT molecular complexity index is 29.5. The fraction of sp³-hybridized carbons (Fsp3) is 0. The van der Waals surface area contributed by atoms with E-state index in [0.29, 0.717) is 0 Å². The van der Waals surface area contributed by atoms with Crippen LogP contribution in [0.4, 0.5) is 0 Å². The van der Waals surface area contributed by atoms with Crippen molar-refractivity contribution >= 4 is 51.9 Å². The molecular formula is CH2NNaTe. The minimum atomic E-state index is 0. The van der Waals surface area contributed by atoms with Crippen LogP contribution in [0, 0.1) is 9.38 Å². The van der Waals surface area contributed by atoms with Gasteiger partial charge in [-0.1, -0.05) is 0 Å². The maximum atomic E-state index is 7.34. The molecular weight excluding hydrogens is 177 g/mol. The predicted molar refractivity (Wildman–Crippen MR) is 19.9 cm³/mol. The molecule has 0 aromatic carbocycles. The van der Waals surface area contributed by atoms with Crippen LogP contribution < -0.4 is 0 Å². The Morgan fingerprint density at radius 1 is 1.75 bits per heavy atom. The third-order valence-corrected chi connectivity index (χ3v) is 0. The van der Waals surface area contributed by atoms with Gasteiger partial charge in [0.25, 0.3) is 0 Å². The number of hydrogen-bond acceptors (Lipinski definition) is 1. The van der Waals surface area contributed by atoms with Gasteiger partial charge in [-0.25, -0.2) is 0 Å². The molecule has 0 aliphatic carbocycles. The molecule has 0 saturated heterocycles. The van der Waals surface area contributed by atoms with Gasteiger partial charge in [0.05, 0.1) is 0 Å². The van der Waals surface area contributed by atoms with Gasteiger partial charge in [-0.05, 0) is 0 Å². The number of hydrogen-bond donors (Lipinski definition) is 0. The minimum absolute atomic E-state index is 0.